The van der Waals surface area contributed by atoms with Crippen LogP contribution in [0.25, 0.3) is 0 Å². The summed E-state index contributed by atoms with van der Waals surface area (Å²) in [6.07, 6.45) is 3.16. The first-order valence-corrected chi connectivity index (χ1v) is 3.31. The van der Waals surface area contributed by atoms with Crippen LogP contribution in [0.15, 0.2) is 17.6 Å². The van der Waals surface area contributed by atoms with Gasteiger partial charge in [-0.1, -0.05) is 29.3 Å². The largest absolute Gasteiger partial charge is 0.290 e. The van der Waals surface area contributed by atoms with Crippen molar-refractivity contribution in [2.75, 3.05) is 6.54 Å². The van der Waals surface area contributed by atoms with E-state index in [1.165, 1.54) is 6.21 Å². The quantitative estimate of drug-likeness (QED) is 0.347. The standard InChI is InChI=1S/C6H9Cl2N/c1-3-4-9-5-6(2,7)8/h3,5H,1,4H2,2H3. The van der Waals surface area contributed by atoms with E-state index in [0.717, 1.165) is 0 Å². The zero-order chi connectivity index (χ0) is 7.33. The van der Waals surface area contributed by atoms with Crippen molar-refractivity contribution in [3.05, 3.63) is 12.7 Å². The monoisotopic (exact) mass is 165 g/mol. The van der Waals surface area contributed by atoms with Gasteiger partial charge in [-0.05, 0) is 6.92 Å². The van der Waals surface area contributed by atoms with Crippen molar-refractivity contribution in [3.8, 4) is 0 Å². The Morgan fingerprint density at radius 3 is 2.56 bits per heavy atom. The molecule has 0 aromatic rings. The van der Waals surface area contributed by atoms with Gasteiger partial charge in [-0.3, -0.25) is 4.99 Å². The van der Waals surface area contributed by atoms with Gasteiger partial charge in [-0.2, -0.15) is 0 Å². The number of rotatable bonds is 3. The average Bonchev–Trinajstić information content (AvgIpc) is 1.63. The zero-order valence-electron chi connectivity index (χ0n) is 5.27. The third-order valence-electron chi connectivity index (χ3n) is 0.552. The van der Waals surface area contributed by atoms with Crippen LogP contribution < -0.4 is 0 Å². The average molecular weight is 166 g/mol. The molecule has 52 valence electrons. The van der Waals surface area contributed by atoms with E-state index in [2.05, 4.69) is 11.6 Å². The van der Waals surface area contributed by atoms with Crippen LogP contribution in [0, 0.1) is 0 Å². The lowest BCUT2D eigenvalue weighted by molar-refractivity contribution is 1.16. The normalized spacial score (nSPS) is 12.3. The van der Waals surface area contributed by atoms with Crippen molar-refractivity contribution in [1.82, 2.24) is 0 Å². The van der Waals surface area contributed by atoms with Gasteiger partial charge in [0.15, 0.2) is 0 Å². The molecule has 0 aliphatic carbocycles. The maximum absolute atomic E-state index is 5.55. The predicted molar refractivity (Wildman–Crippen MR) is 43.7 cm³/mol. The van der Waals surface area contributed by atoms with Crippen molar-refractivity contribution in [2.45, 2.75) is 11.3 Å². The molecule has 0 fully saturated rings. The van der Waals surface area contributed by atoms with Crippen LogP contribution in [0.1, 0.15) is 6.92 Å². The maximum Gasteiger partial charge on any atom is 0.149 e. The first kappa shape index (κ1) is 8.99. The van der Waals surface area contributed by atoms with Crippen LogP contribution in [-0.4, -0.2) is 17.1 Å². The van der Waals surface area contributed by atoms with Crippen molar-refractivity contribution < 1.29 is 0 Å². The van der Waals surface area contributed by atoms with Gasteiger partial charge >= 0.3 is 0 Å². The second kappa shape index (κ2) is 3.91. The van der Waals surface area contributed by atoms with E-state index in [0.29, 0.717) is 6.54 Å². The van der Waals surface area contributed by atoms with Crippen LogP contribution in [0.5, 0.6) is 0 Å². The lowest BCUT2D eigenvalue weighted by Gasteiger charge is -2.02. The van der Waals surface area contributed by atoms with Crippen LogP contribution in [-0.2, 0) is 0 Å². The fourth-order valence-electron chi connectivity index (χ4n) is 0.288. The molecule has 0 rings (SSSR count). The minimum Gasteiger partial charge on any atom is -0.290 e. The van der Waals surface area contributed by atoms with Gasteiger partial charge < -0.3 is 0 Å². The molecule has 0 atom stereocenters. The molecule has 0 saturated carbocycles. The van der Waals surface area contributed by atoms with Gasteiger partial charge in [0.25, 0.3) is 0 Å². The molecule has 0 bridgehead atoms. The molecule has 0 saturated heterocycles. The van der Waals surface area contributed by atoms with Crippen LogP contribution >= 0.6 is 23.2 Å². The van der Waals surface area contributed by atoms with Crippen molar-refractivity contribution >= 4 is 29.4 Å². The zero-order valence-corrected chi connectivity index (χ0v) is 6.78. The summed E-state index contributed by atoms with van der Waals surface area (Å²) in [5.74, 6) is 0. The van der Waals surface area contributed by atoms with Crippen LogP contribution in [0.2, 0.25) is 0 Å². The van der Waals surface area contributed by atoms with Gasteiger partial charge in [0.05, 0.1) is 6.54 Å². The molecule has 3 heteroatoms. The van der Waals surface area contributed by atoms with E-state index in [1.54, 1.807) is 13.0 Å². The van der Waals surface area contributed by atoms with Crippen molar-refractivity contribution in [2.24, 2.45) is 4.99 Å². The number of nitrogens with zero attached hydrogens (tertiary/aromatic N) is 1. The molecule has 9 heavy (non-hydrogen) atoms. The highest BCUT2D eigenvalue weighted by molar-refractivity contribution is 6.55. The summed E-state index contributed by atoms with van der Waals surface area (Å²) >= 11 is 11.1. The molecule has 0 unspecified atom stereocenters. The van der Waals surface area contributed by atoms with Gasteiger partial charge in [-0.15, -0.1) is 6.58 Å². The molecule has 0 aliphatic rings. The van der Waals surface area contributed by atoms with Crippen molar-refractivity contribution in [1.29, 1.82) is 0 Å². The molecular weight excluding hydrogens is 157 g/mol. The Hall–Kier alpha value is -0.0100. The fourth-order valence-corrected chi connectivity index (χ4v) is 0.426. The third-order valence-corrected chi connectivity index (χ3v) is 0.748. The smallest absolute Gasteiger partial charge is 0.149 e. The van der Waals surface area contributed by atoms with Gasteiger partial charge in [-0.25, -0.2) is 0 Å². The topological polar surface area (TPSA) is 12.4 Å². The molecular formula is C6H9Cl2N. The predicted octanol–water partition coefficient (Wildman–Crippen LogP) is 2.44. The van der Waals surface area contributed by atoms with E-state index in [1.807, 2.05) is 0 Å². The van der Waals surface area contributed by atoms with E-state index in [9.17, 15) is 0 Å². The van der Waals surface area contributed by atoms with E-state index in [4.69, 9.17) is 23.2 Å². The third kappa shape index (κ3) is 7.99. The molecule has 1 nitrogen and oxygen atoms in total. The minimum atomic E-state index is -0.844. The molecule has 0 amide bonds. The maximum atomic E-state index is 5.55. The summed E-state index contributed by atoms with van der Waals surface area (Å²) in [5, 5.41) is 0. The summed E-state index contributed by atoms with van der Waals surface area (Å²) < 4.78 is -0.844. The summed E-state index contributed by atoms with van der Waals surface area (Å²) in [6, 6.07) is 0. The van der Waals surface area contributed by atoms with E-state index in [-0.39, 0.29) is 0 Å². The number of halogens is 2. The van der Waals surface area contributed by atoms with Crippen LogP contribution in [0.4, 0.5) is 0 Å². The molecule has 0 spiro atoms. The SMILES string of the molecule is C=CCN=CC(C)(Cl)Cl. The molecule has 0 aromatic heterocycles. The Morgan fingerprint density at radius 1 is 1.67 bits per heavy atom. The Morgan fingerprint density at radius 2 is 2.22 bits per heavy atom. The summed E-state index contributed by atoms with van der Waals surface area (Å²) in [7, 11) is 0. The highest BCUT2D eigenvalue weighted by atomic mass is 35.5. The van der Waals surface area contributed by atoms with E-state index < -0.39 is 4.33 Å². The second-order valence-corrected chi connectivity index (χ2v) is 3.50. The minimum absolute atomic E-state index is 0.565. The molecule has 0 radical (unpaired) electrons. The number of hydrogen-bond donors (Lipinski definition) is 0. The number of hydrogen-bond acceptors (Lipinski definition) is 1. The van der Waals surface area contributed by atoms with Crippen molar-refractivity contribution in [3.63, 3.8) is 0 Å². The first-order chi connectivity index (χ1) is 4.06. The number of aliphatic imine (C=N–C) groups is 1. The molecule has 0 aliphatic heterocycles. The van der Waals surface area contributed by atoms with Gasteiger partial charge in [0, 0.05) is 6.21 Å². The molecule has 0 N–H and O–H groups in total. The lowest BCUT2D eigenvalue weighted by atomic mass is 10.5. The number of alkyl halides is 2. The Labute approximate surface area is 65.4 Å². The summed E-state index contributed by atoms with van der Waals surface area (Å²) in [5.41, 5.74) is 0. The fraction of sp³-hybridized carbons (Fsp3) is 0.500. The van der Waals surface area contributed by atoms with Gasteiger partial charge in [0.1, 0.15) is 4.33 Å². The lowest BCUT2D eigenvalue weighted by Crippen LogP contribution is -2.07. The van der Waals surface area contributed by atoms with Crippen LogP contribution in [0.3, 0.4) is 0 Å². The molecule has 0 aromatic carbocycles. The Kier molecular flexibility index (Phi) is 3.91. The summed E-state index contributed by atoms with van der Waals surface area (Å²) in [6.45, 7) is 5.70. The first-order valence-electron chi connectivity index (χ1n) is 2.56. The second-order valence-electron chi connectivity index (χ2n) is 1.74. The molecule has 0 heterocycles. The Bertz CT molecular complexity index is 113. The summed E-state index contributed by atoms with van der Waals surface area (Å²) in [4.78, 5) is 3.85. The van der Waals surface area contributed by atoms with Gasteiger partial charge in [0.2, 0.25) is 0 Å². The highest BCUT2D eigenvalue weighted by Gasteiger charge is 2.10. The van der Waals surface area contributed by atoms with E-state index >= 15 is 0 Å². The highest BCUT2D eigenvalue weighted by Crippen LogP contribution is 2.15. The Balaban J connectivity index is 3.57.